The highest BCUT2D eigenvalue weighted by Crippen LogP contribution is 2.42. The molecule has 1 atom stereocenters. The van der Waals surface area contributed by atoms with Crippen molar-refractivity contribution >= 4 is 15.9 Å². The molecule has 0 aromatic rings. The van der Waals surface area contributed by atoms with E-state index in [0.717, 1.165) is 25.7 Å². The van der Waals surface area contributed by atoms with Crippen LogP contribution in [0.25, 0.3) is 0 Å². The van der Waals surface area contributed by atoms with Crippen molar-refractivity contribution in [1.82, 2.24) is 9.62 Å². The minimum atomic E-state index is -3.11. The van der Waals surface area contributed by atoms with Crippen LogP contribution in [0.5, 0.6) is 0 Å². The number of rotatable bonds is 6. The smallest absolute Gasteiger partial charge is 0.223 e. The summed E-state index contributed by atoms with van der Waals surface area (Å²) in [7, 11) is -3.11. The summed E-state index contributed by atoms with van der Waals surface area (Å²) < 4.78 is 31.1. The lowest BCUT2D eigenvalue weighted by Crippen LogP contribution is -2.66. The molecule has 1 amide bonds. The van der Waals surface area contributed by atoms with Crippen LogP contribution in [0.1, 0.15) is 39.0 Å². The van der Waals surface area contributed by atoms with E-state index in [4.69, 9.17) is 4.74 Å². The second-order valence-corrected chi connectivity index (χ2v) is 9.03. The zero-order chi connectivity index (χ0) is 15.8. The SMILES string of the molecule is CCS(=O)(=O)N1CC2(C1)OCC[C@H]2CCNC(=O)C1CCC1. The summed E-state index contributed by atoms with van der Waals surface area (Å²) in [6.45, 7) is 3.99. The zero-order valence-corrected chi connectivity index (χ0v) is 14.0. The highest BCUT2D eigenvalue weighted by Gasteiger charge is 2.55. The van der Waals surface area contributed by atoms with Gasteiger partial charge in [0.1, 0.15) is 0 Å². The lowest BCUT2D eigenvalue weighted by Gasteiger charge is -2.49. The summed E-state index contributed by atoms with van der Waals surface area (Å²) in [6, 6.07) is 0. The fraction of sp³-hybridized carbons (Fsp3) is 0.933. The van der Waals surface area contributed by atoms with E-state index in [-0.39, 0.29) is 23.2 Å². The van der Waals surface area contributed by atoms with Crippen molar-refractivity contribution in [2.75, 3.05) is 32.0 Å². The molecule has 0 unspecified atom stereocenters. The molecule has 3 fully saturated rings. The third-order valence-electron chi connectivity index (χ3n) is 5.51. The minimum absolute atomic E-state index is 0.144. The highest BCUT2D eigenvalue weighted by molar-refractivity contribution is 7.89. The largest absolute Gasteiger partial charge is 0.372 e. The van der Waals surface area contributed by atoms with Gasteiger partial charge in [-0.15, -0.1) is 0 Å². The van der Waals surface area contributed by atoms with Crippen molar-refractivity contribution in [2.45, 2.75) is 44.6 Å². The molecule has 2 heterocycles. The van der Waals surface area contributed by atoms with Gasteiger partial charge in [-0.3, -0.25) is 4.79 Å². The number of sulfonamides is 1. The van der Waals surface area contributed by atoms with Crippen LogP contribution in [0.15, 0.2) is 0 Å². The third-order valence-corrected chi connectivity index (χ3v) is 7.29. The van der Waals surface area contributed by atoms with Gasteiger partial charge in [-0.05, 0) is 38.5 Å². The van der Waals surface area contributed by atoms with Crippen LogP contribution in [-0.4, -0.2) is 56.2 Å². The third kappa shape index (κ3) is 2.90. The maximum Gasteiger partial charge on any atom is 0.223 e. The molecule has 3 aliphatic rings. The van der Waals surface area contributed by atoms with Gasteiger partial charge in [0.15, 0.2) is 0 Å². The average molecular weight is 330 g/mol. The number of carbonyl (C=O) groups excluding carboxylic acids is 1. The number of hydrogen-bond donors (Lipinski definition) is 1. The quantitative estimate of drug-likeness (QED) is 0.779. The van der Waals surface area contributed by atoms with Gasteiger partial charge < -0.3 is 10.1 Å². The Bertz CT molecular complexity index is 524. The number of ether oxygens (including phenoxy) is 1. The van der Waals surface area contributed by atoms with E-state index in [1.165, 1.54) is 10.7 Å². The second-order valence-electron chi connectivity index (χ2n) is 6.77. The first-order valence-electron chi connectivity index (χ1n) is 8.36. The Morgan fingerprint density at radius 2 is 2.05 bits per heavy atom. The van der Waals surface area contributed by atoms with Gasteiger partial charge in [-0.25, -0.2) is 8.42 Å². The van der Waals surface area contributed by atoms with Crippen LogP contribution < -0.4 is 5.32 Å². The van der Waals surface area contributed by atoms with Crippen LogP contribution >= 0.6 is 0 Å². The first kappa shape index (κ1) is 16.2. The van der Waals surface area contributed by atoms with Crippen LogP contribution in [-0.2, 0) is 19.6 Å². The Kier molecular flexibility index (Phi) is 4.49. The molecule has 7 heteroatoms. The van der Waals surface area contributed by atoms with E-state index in [1.54, 1.807) is 6.92 Å². The Labute approximate surface area is 132 Å². The fourth-order valence-electron chi connectivity index (χ4n) is 3.66. The molecule has 1 spiro atoms. The zero-order valence-electron chi connectivity index (χ0n) is 13.2. The fourth-order valence-corrected chi connectivity index (χ4v) is 4.85. The standard InChI is InChI=1S/C15H26N2O4S/c1-2-22(19,20)17-10-15(11-17)13(7-9-21-15)6-8-16-14(18)12-4-3-5-12/h12-13H,2-11H2,1H3,(H,16,18)/t13-/m1/s1. The molecule has 0 bridgehead atoms. The van der Waals surface area contributed by atoms with E-state index in [1.807, 2.05) is 0 Å². The molecule has 2 aliphatic heterocycles. The van der Waals surface area contributed by atoms with Crippen molar-refractivity contribution < 1.29 is 17.9 Å². The van der Waals surface area contributed by atoms with Crippen LogP contribution in [0.4, 0.5) is 0 Å². The Hall–Kier alpha value is -0.660. The molecular weight excluding hydrogens is 304 g/mol. The lowest BCUT2D eigenvalue weighted by molar-refractivity contribution is -0.127. The van der Waals surface area contributed by atoms with Crippen LogP contribution in [0.2, 0.25) is 0 Å². The van der Waals surface area contributed by atoms with Gasteiger partial charge in [0, 0.05) is 32.2 Å². The van der Waals surface area contributed by atoms with Gasteiger partial charge in [0.2, 0.25) is 15.9 Å². The molecule has 3 rings (SSSR count). The summed E-state index contributed by atoms with van der Waals surface area (Å²) in [4.78, 5) is 11.8. The minimum Gasteiger partial charge on any atom is -0.372 e. The van der Waals surface area contributed by atoms with Crippen molar-refractivity contribution in [3.05, 3.63) is 0 Å². The Morgan fingerprint density at radius 3 is 2.64 bits per heavy atom. The van der Waals surface area contributed by atoms with Gasteiger partial charge in [0.05, 0.1) is 11.4 Å². The molecule has 0 radical (unpaired) electrons. The molecule has 126 valence electrons. The lowest BCUT2D eigenvalue weighted by atomic mass is 9.80. The molecule has 6 nitrogen and oxygen atoms in total. The number of nitrogens with zero attached hydrogens (tertiary/aromatic N) is 1. The topological polar surface area (TPSA) is 75.7 Å². The van der Waals surface area contributed by atoms with Crippen LogP contribution in [0, 0.1) is 11.8 Å². The van der Waals surface area contributed by atoms with Gasteiger partial charge in [-0.2, -0.15) is 4.31 Å². The first-order chi connectivity index (χ1) is 10.5. The Balaban J connectivity index is 1.47. The second kappa shape index (κ2) is 6.09. The Morgan fingerprint density at radius 1 is 1.32 bits per heavy atom. The van der Waals surface area contributed by atoms with E-state index < -0.39 is 10.0 Å². The molecule has 1 saturated carbocycles. The maximum absolute atomic E-state index is 11.9. The molecular formula is C15H26N2O4S. The molecule has 0 aromatic heterocycles. The molecule has 1 N–H and O–H groups in total. The first-order valence-corrected chi connectivity index (χ1v) is 9.97. The monoisotopic (exact) mass is 330 g/mol. The van der Waals surface area contributed by atoms with Crippen molar-refractivity contribution in [3.63, 3.8) is 0 Å². The van der Waals surface area contributed by atoms with Crippen LogP contribution in [0.3, 0.4) is 0 Å². The molecule has 2 saturated heterocycles. The van der Waals surface area contributed by atoms with Crippen molar-refractivity contribution in [3.8, 4) is 0 Å². The van der Waals surface area contributed by atoms with Gasteiger partial charge in [0.25, 0.3) is 0 Å². The van der Waals surface area contributed by atoms with Gasteiger partial charge in [-0.1, -0.05) is 6.42 Å². The number of amides is 1. The summed E-state index contributed by atoms with van der Waals surface area (Å²) in [6.07, 6.45) is 5.04. The van der Waals surface area contributed by atoms with E-state index in [2.05, 4.69) is 5.32 Å². The highest BCUT2D eigenvalue weighted by atomic mass is 32.2. The van der Waals surface area contributed by atoms with Crippen molar-refractivity contribution in [2.24, 2.45) is 11.8 Å². The molecule has 0 aromatic carbocycles. The average Bonchev–Trinajstić information content (AvgIpc) is 2.79. The number of carbonyl (C=O) groups is 1. The normalized spacial score (nSPS) is 28.3. The predicted octanol–water partition coefficient (Wildman–Crippen LogP) is 0.733. The van der Waals surface area contributed by atoms with Crippen molar-refractivity contribution in [1.29, 1.82) is 0 Å². The molecule has 1 aliphatic carbocycles. The number of nitrogens with one attached hydrogen (secondary N) is 1. The summed E-state index contributed by atoms with van der Waals surface area (Å²) >= 11 is 0. The maximum atomic E-state index is 11.9. The predicted molar refractivity (Wildman–Crippen MR) is 82.8 cm³/mol. The van der Waals surface area contributed by atoms with E-state index in [0.29, 0.717) is 32.2 Å². The van der Waals surface area contributed by atoms with Gasteiger partial charge >= 0.3 is 0 Å². The molecule has 22 heavy (non-hydrogen) atoms. The summed E-state index contributed by atoms with van der Waals surface area (Å²) in [5.41, 5.74) is -0.302. The van der Waals surface area contributed by atoms with E-state index >= 15 is 0 Å². The van der Waals surface area contributed by atoms with E-state index in [9.17, 15) is 13.2 Å². The summed E-state index contributed by atoms with van der Waals surface area (Å²) in [5, 5.41) is 3.02. The number of hydrogen-bond acceptors (Lipinski definition) is 4. The summed E-state index contributed by atoms with van der Waals surface area (Å²) in [5.74, 6) is 0.897.